The molecule has 1 amide bonds. The maximum atomic E-state index is 12.6. The zero-order chi connectivity index (χ0) is 15.5. The van der Waals surface area contributed by atoms with Gasteiger partial charge in [-0.15, -0.1) is 0 Å². The average Bonchev–Trinajstić information content (AvgIpc) is 2.45. The average molecular weight is 309 g/mol. The molecule has 2 atom stereocenters. The Morgan fingerprint density at radius 2 is 2.14 bits per heavy atom. The molecule has 1 saturated heterocycles. The Hall–Kier alpha value is -1.04. The number of rotatable bonds is 4. The molecule has 0 radical (unpaired) electrons. The minimum absolute atomic E-state index is 0.00277. The SMILES string of the molecule is CC1(C)CN(C(=O)C(S)Cc2ccccc2)CC(CO)O1. The van der Waals surface area contributed by atoms with E-state index in [1.807, 2.05) is 44.2 Å². The number of morpholine rings is 1. The molecule has 0 saturated carbocycles. The summed E-state index contributed by atoms with van der Waals surface area (Å²) in [6.07, 6.45) is 0.277. The third-order valence-electron chi connectivity index (χ3n) is 3.55. The van der Waals surface area contributed by atoms with Crippen molar-refractivity contribution in [3.8, 4) is 0 Å². The molecule has 0 bridgehead atoms. The first kappa shape index (κ1) is 16.3. The highest BCUT2D eigenvalue weighted by Gasteiger charge is 2.36. The molecule has 1 aliphatic rings. The predicted molar refractivity (Wildman–Crippen MR) is 85.5 cm³/mol. The van der Waals surface area contributed by atoms with Crippen molar-refractivity contribution < 1.29 is 14.6 Å². The Morgan fingerprint density at radius 1 is 1.48 bits per heavy atom. The quantitative estimate of drug-likeness (QED) is 0.829. The Balaban J connectivity index is 2.01. The summed E-state index contributed by atoms with van der Waals surface area (Å²) >= 11 is 4.47. The number of ether oxygens (including phenoxy) is 1. The molecule has 1 N–H and O–H groups in total. The summed E-state index contributed by atoms with van der Waals surface area (Å²) in [6.45, 7) is 4.72. The zero-order valence-electron chi connectivity index (χ0n) is 12.5. The molecule has 4 nitrogen and oxygen atoms in total. The predicted octanol–water partition coefficient (Wildman–Crippen LogP) is 1.53. The number of amides is 1. The van der Waals surface area contributed by atoms with Gasteiger partial charge < -0.3 is 14.7 Å². The van der Waals surface area contributed by atoms with Crippen molar-refractivity contribution in [3.63, 3.8) is 0 Å². The second-order valence-electron chi connectivity index (χ2n) is 6.11. The highest BCUT2D eigenvalue weighted by atomic mass is 32.1. The van der Waals surface area contributed by atoms with Crippen molar-refractivity contribution in [1.29, 1.82) is 0 Å². The van der Waals surface area contributed by atoms with Gasteiger partial charge in [-0.25, -0.2) is 0 Å². The number of hydrogen-bond donors (Lipinski definition) is 2. The van der Waals surface area contributed by atoms with Gasteiger partial charge in [-0.2, -0.15) is 12.6 Å². The van der Waals surface area contributed by atoms with Crippen LogP contribution in [0.25, 0.3) is 0 Å². The molecule has 0 spiro atoms. The Labute approximate surface area is 131 Å². The van der Waals surface area contributed by atoms with Crippen LogP contribution in [-0.2, 0) is 16.0 Å². The third-order valence-corrected chi connectivity index (χ3v) is 3.96. The molecule has 1 fully saturated rings. The molecule has 1 aliphatic heterocycles. The van der Waals surface area contributed by atoms with Crippen molar-refractivity contribution in [1.82, 2.24) is 4.90 Å². The van der Waals surface area contributed by atoms with Gasteiger partial charge in [0.2, 0.25) is 5.91 Å². The Morgan fingerprint density at radius 3 is 2.76 bits per heavy atom. The number of benzene rings is 1. The van der Waals surface area contributed by atoms with Crippen LogP contribution in [0.1, 0.15) is 19.4 Å². The van der Waals surface area contributed by atoms with Crippen LogP contribution < -0.4 is 0 Å². The van der Waals surface area contributed by atoms with Crippen molar-refractivity contribution in [2.75, 3.05) is 19.7 Å². The highest BCUT2D eigenvalue weighted by Crippen LogP contribution is 2.22. The van der Waals surface area contributed by atoms with E-state index in [1.165, 1.54) is 0 Å². The molecule has 0 aliphatic carbocycles. The lowest BCUT2D eigenvalue weighted by Gasteiger charge is -2.43. The van der Waals surface area contributed by atoms with E-state index >= 15 is 0 Å². The third kappa shape index (κ3) is 4.46. The van der Waals surface area contributed by atoms with Crippen LogP contribution in [-0.4, -0.2) is 52.6 Å². The molecule has 0 aromatic heterocycles. The lowest BCUT2D eigenvalue weighted by atomic mass is 10.0. The van der Waals surface area contributed by atoms with Gasteiger partial charge in [0.15, 0.2) is 0 Å². The molecule has 5 heteroatoms. The molecule has 21 heavy (non-hydrogen) atoms. The topological polar surface area (TPSA) is 49.8 Å². The number of hydrogen-bond acceptors (Lipinski definition) is 4. The van der Waals surface area contributed by atoms with Crippen LogP contribution in [0.2, 0.25) is 0 Å². The fourth-order valence-corrected chi connectivity index (χ4v) is 3.07. The zero-order valence-corrected chi connectivity index (χ0v) is 13.4. The second-order valence-corrected chi connectivity index (χ2v) is 6.73. The van der Waals surface area contributed by atoms with Crippen molar-refractivity contribution in [2.45, 2.75) is 37.2 Å². The van der Waals surface area contributed by atoms with Crippen molar-refractivity contribution in [3.05, 3.63) is 35.9 Å². The molecule has 1 heterocycles. The van der Waals surface area contributed by atoms with E-state index in [-0.39, 0.29) is 23.9 Å². The lowest BCUT2D eigenvalue weighted by Crippen LogP contribution is -2.57. The molecule has 116 valence electrons. The fourth-order valence-electron chi connectivity index (χ4n) is 2.69. The van der Waals surface area contributed by atoms with E-state index in [9.17, 15) is 9.90 Å². The lowest BCUT2D eigenvalue weighted by molar-refractivity contribution is -0.166. The fraction of sp³-hybridized carbons (Fsp3) is 0.562. The van der Waals surface area contributed by atoms with Gasteiger partial charge >= 0.3 is 0 Å². The first-order valence-corrected chi connectivity index (χ1v) is 7.72. The monoisotopic (exact) mass is 309 g/mol. The Kier molecular flexibility index (Phi) is 5.30. The van der Waals surface area contributed by atoms with Crippen LogP contribution in [0.3, 0.4) is 0 Å². The standard InChI is InChI=1S/C16H23NO3S/c1-16(2)11-17(9-13(10-18)20-16)15(19)14(21)8-12-6-4-3-5-7-12/h3-7,13-14,18,21H,8-11H2,1-2H3. The van der Waals surface area contributed by atoms with E-state index < -0.39 is 5.60 Å². The van der Waals surface area contributed by atoms with Crippen molar-refractivity contribution in [2.24, 2.45) is 0 Å². The van der Waals surface area contributed by atoms with Gasteiger partial charge in [0.25, 0.3) is 0 Å². The van der Waals surface area contributed by atoms with E-state index in [2.05, 4.69) is 12.6 Å². The second kappa shape index (κ2) is 6.81. The van der Waals surface area contributed by atoms with E-state index in [4.69, 9.17) is 4.74 Å². The summed E-state index contributed by atoms with van der Waals surface area (Å²) in [5, 5.41) is 8.94. The van der Waals surface area contributed by atoms with E-state index in [0.29, 0.717) is 19.5 Å². The van der Waals surface area contributed by atoms with Crippen LogP contribution >= 0.6 is 12.6 Å². The van der Waals surface area contributed by atoms with E-state index in [0.717, 1.165) is 5.56 Å². The summed E-state index contributed by atoms with van der Waals surface area (Å²) in [6, 6.07) is 9.86. The van der Waals surface area contributed by atoms with Crippen LogP contribution in [0.5, 0.6) is 0 Å². The van der Waals surface area contributed by atoms with Gasteiger partial charge in [-0.1, -0.05) is 30.3 Å². The molecule has 1 aromatic rings. The summed E-state index contributed by atoms with van der Waals surface area (Å²) in [4.78, 5) is 14.3. The van der Waals surface area contributed by atoms with Crippen LogP contribution in [0.15, 0.2) is 30.3 Å². The Bertz CT molecular complexity index is 478. The number of carbonyl (C=O) groups is 1. The van der Waals surface area contributed by atoms with Gasteiger partial charge in [-0.3, -0.25) is 4.79 Å². The highest BCUT2D eigenvalue weighted by molar-refractivity contribution is 7.81. The largest absolute Gasteiger partial charge is 0.394 e. The number of carbonyl (C=O) groups excluding carboxylic acids is 1. The maximum Gasteiger partial charge on any atom is 0.235 e. The summed E-state index contributed by atoms with van der Waals surface area (Å²) < 4.78 is 5.73. The van der Waals surface area contributed by atoms with Crippen LogP contribution in [0, 0.1) is 0 Å². The smallest absolute Gasteiger partial charge is 0.235 e. The number of aliphatic hydroxyl groups is 1. The van der Waals surface area contributed by atoms with Gasteiger partial charge in [-0.05, 0) is 25.8 Å². The molecule has 2 unspecified atom stereocenters. The molecular weight excluding hydrogens is 286 g/mol. The number of thiol groups is 1. The summed E-state index contributed by atoms with van der Waals surface area (Å²) in [5.41, 5.74) is 0.652. The van der Waals surface area contributed by atoms with Gasteiger partial charge in [0.05, 0.1) is 23.6 Å². The van der Waals surface area contributed by atoms with Crippen molar-refractivity contribution >= 4 is 18.5 Å². The van der Waals surface area contributed by atoms with Crippen LogP contribution in [0.4, 0.5) is 0 Å². The van der Waals surface area contributed by atoms with Gasteiger partial charge in [0.1, 0.15) is 0 Å². The van der Waals surface area contributed by atoms with Gasteiger partial charge in [0, 0.05) is 13.1 Å². The number of aliphatic hydroxyl groups excluding tert-OH is 1. The maximum absolute atomic E-state index is 12.6. The minimum atomic E-state index is -0.443. The minimum Gasteiger partial charge on any atom is -0.394 e. The number of nitrogens with zero attached hydrogens (tertiary/aromatic N) is 1. The summed E-state index contributed by atoms with van der Waals surface area (Å²) in [7, 11) is 0. The summed E-state index contributed by atoms with van der Waals surface area (Å²) in [5.74, 6) is -0.00277. The first-order chi connectivity index (χ1) is 9.91. The molecule has 1 aromatic carbocycles. The molecule has 2 rings (SSSR count). The first-order valence-electron chi connectivity index (χ1n) is 7.21. The molecular formula is C16H23NO3S. The van der Waals surface area contributed by atoms with E-state index in [1.54, 1.807) is 4.90 Å². The normalized spacial score (nSPS) is 22.9.